The third-order valence-corrected chi connectivity index (χ3v) is 27.8. The second-order valence-corrected chi connectivity index (χ2v) is 41.3. The highest BCUT2D eigenvalue weighted by molar-refractivity contribution is 5.80. The number of nitrogens with zero attached hydrogens (tertiary/aromatic N) is 3. The number of anilines is 6. The number of benzene rings is 3. The Morgan fingerprint density at radius 1 is 0.177 bits per heavy atom. The van der Waals surface area contributed by atoms with E-state index in [1.807, 2.05) is 54.6 Å². The molecule has 3 N–H and O–H groups in total. The van der Waals surface area contributed by atoms with Gasteiger partial charge in [-0.2, -0.15) is 15.0 Å². The van der Waals surface area contributed by atoms with Crippen molar-refractivity contribution in [2.24, 2.45) is 0 Å². The third kappa shape index (κ3) is 73.6. The van der Waals surface area contributed by atoms with Crippen LogP contribution in [0.5, 0.6) is 34.5 Å². The van der Waals surface area contributed by atoms with Crippen LogP contribution in [0.25, 0.3) is 0 Å². The molecule has 0 bridgehead atoms. The minimum absolute atomic E-state index is 0.149. The maximum atomic E-state index is 13.3. The summed E-state index contributed by atoms with van der Waals surface area (Å²) in [5, 5.41) is 10.7. The molecule has 4 rings (SSSR count). The molecule has 0 spiro atoms. The van der Waals surface area contributed by atoms with Crippen molar-refractivity contribution in [2.45, 2.75) is 581 Å². The van der Waals surface area contributed by atoms with Gasteiger partial charge in [0.1, 0.15) is 69.2 Å². The van der Waals surface area contributed by atoms with Gasteiger partial charge < -0.3 is 44.4 Å². The molecular weight excluding hydrogens is 1750 g/mol. The minimum atomic E-state index is 0.149. The van der Waals surface area contributed by atoms with Crippen LogP contribution < -0.4 is 44.4 Å². The van der Waals surface area contributed by atoms with E-state index in [1.165, 1.54) is 308 Å². The zero-order valence-corrected chi connectivity index (χ0v) is 91.6. The highest BCUT2D eigenvalue weighted by Crippen LogP contribution is 2.38. The molecule has 3 aromatic carbocycles. The van der Waals surface area contributed by atoms with E-state index in [0.29, 0.717) is 261 Å². The molecular formula is C123H210N6O12. The Bertz CT molecular complexity index is 3300. The summed E-state index contributed by atoms with van der Waals surface area (Å²) in [4.78, 5) is 94.9. The van der Waals surface area contributed by atoms with Gasteiger partial charge in [0.05, 0.1) is 56.7 Å². The molecule has 0 saturated carbocycles. The van der Waals surface area contributed by atoms with Gasteiger partial charge >= 0.3 is 0 Å². The van der Waals surface area contributed by atoms with E-state index in [4.69, 9.17) is 43.4 Å². The van der Waals surface area contributed by atoms with Crippen molar-refractivity contribution in [1.82, 2.24) is 15.0 Å². The van der Waals surface area contributed by atoms with Gasteiger partial charge in [-0.15, -0.1) is 0 Å². The number of unbranched alkanes of at least 4 members (excludes halogenated alkanes) is 60. The number of hydrogen-bond acceptors (Lipinski definition) is 18. The zero-order chi connectivity index (χ0) is 101. The Morgan fingerprint density at radius 3 is 0.468 bits per heavy atom. The number of hydrogen-bond donors (Lipinski definition) is 3. The summed E-state index contributed by atoms with van der Waals surface area (Å²) in [6, 6.07) is 17.1. The number of ketones is 6. The van der Waals surface area contributed by atoms with E-state index in [9.17, 15) is 28.8 Å². The van der Waals surface area contributed by atoms with Crippen molar-refractivity contribution in [2.75, 3.05) is 55.6 Å². The fraction of sp³-hybridized carbons (Fsp3) is 0.780. The second kappa shape index (κ2) is 92.7. The lowest BCUT2D eigenvalue weighted by molar-refractivity contribution is -0.120. The van der Waals surface area contributed by atoms with Crippen molar-refractivity contribution < 1.29 is 57.2 Å². The summed E-state index contributed by atoms with van der Waals surface area (Å²) in [7, 11) is 0. The SMILES string of the molecule is CCCCCCCCCCCCC(=O)CCCCOc1ccc(OCCCCC(=O)CCCCCCCCCCCC)c(Nc2nc(Nc3cc(OCCCCC(=O)CCCCCCCCCCCC)ccc3OCCCCC(=O)CCCCCCCCCCCC)nc(Nc3cc(OCCCCC(=O)CCCCCCCCCCCC)ccc3OCCCCC(=O)CCCCCCCCCCCC)n2)c1. The molecule has 0 radical (unpaired) electrons. The monoisotopic (exact) mass is 1960 g/mol. The van der Waals surface area contributed by atoms with Gasteiger partial charge in [-0.25, -0.2) is 0 Å². The standard InChI is InChI=1S/C123H210N6O12/c1-7-13-19-25-31-37-43-49-55-61-79-106(130)85-67-73-97-136-112-91-94-118(139-100-76-70-88-109(133)82-64-58-52-46-40-34-28-22-16-10-4)115(103-112)124-121-127-122(125-116-104-113(137-98-74-68-86-107(131)80-62-56-50-44-38-32-26-20-14-8-2)92-95-119(116)140-101-77-71-89-110(134)83-65-59-53-47-41-35-29-23-17-11-5)129-123(128-121)126-117-105-114(138-99-75-69-87-108(132)81-63-57-51-45-39-33-27-21-15-9-3)93-96-120(117)141-102-78-72-90-111(135)84-66-60-54-48-42-36-30-24-18-12-6/h91-96,103-105H,7-90,97-102H2,1-6H3,(H3,124,125,126,127,128,129). The van der Waals surface area contributed by atoms with E-state index < -0.39 is 0 Å². The molecule has 18 heteroatoms. The molecule has 0 aliphatic heterocycles. The van der Waals surface area contributed by atoms with Crippen molar-refractivity contribution >= 4 is 69.6 Å². The van der Waals surface area contributed by atoms with E-state index in [1.54, 1.807) is 0 Å². The normalized spacial score (nSPS) is 11.4. The number of carbonyl (C=O) groups is 6. The van der Waals surface area contributed by atoms with E-state index >= 15 is 0 Å². The third-order valence-electron chi connectivity index (χ3n) is 27.8. The Morgan fingerprint density at radius 2 is 0.312 bits per heavy atom. The topological polar surface area (TPSA) is 233 Å². The number of aromatic nitrogens is 3. The van der Waals surface area contributed by atoms with Crippen LogP contribution in [0.2, 0.25) is 0 Å². The van der Waals surface area contributed by atoms with Crippen molar-refractivity contribution in [3.8, 4) is 34.5 Å². The molecule has 0 aliphatic rings. The Balaban J connectivity index is 1.73. The van der Waals surface area contributed by atoms with E-state index in [-0.39, 0.29) is 17.8 Å². The van der Waals surface area contributed by atoms with Gasteiger partial charge in [0.15, 0.2) is 0 Å². The molecule has 0 aliphatic carbocycles. The fourth-order valence-corrected chi connectivity index (χ4v) is 18.6. The maximum Gasteiger partial charge on any atom is 0.233 e. The van der Waals surface area contributed by atoms with E-state index in [2.05, 4.69) is 57.5 Å². The molecule has 0 saturated heterocycles. The average Bonchev–Trinajstić information content (AvgIpc) is 0.809. The van der Waals surface area contributed by atoms with Crippen LogP contribution >= 0.6 is 0 Å². The molecule has 0 amide bonds. The van der Waals surface area contributed by atoms with Gasteiger partial charge in [-0.05, 0) is 152 Å². The number of nitrogens with one attached hydrogen (secondary N) is 3. The first-order valence-corrected chi connectivity index (χ1v) is 59.7. The molecule has 141 heavy (non-hydrogen) atoms. The second-order valence-electron chi connectivity index (χ2n) is 41.3. The molecule has 18 nitrogen and oxygen atoms in total. The molecule has 4 aromatic rings. The lowest BCUT2D eigenvalue weighted by atomic mass is 10.0. The quantitative estimate of drug-likeness (QED) is 0.0349. The number of ether oxygens (including phenoxy) is 6. The Labute approximate surface area is 862 Å². The first-order valence-electron chi connectivity index (χ1n) is 59.7. The summed E-state index contributed by atoms with van der Waals surface area (Å²) in [5.74, 6) is 5.64. The Hall–Kier alpha value is -7.11. The van der Waals surface area contributed by atoms with Crippen molar-refractivity contribution in [3.05, 3.63) is 54.6 Å². The largest absolute Gasteiger partial charge is 0.494 e. The van der Waals surface area contributed by atoms with Crippen LogP contribution in [0, 0.1) is 0 Å². The van der Waals surface area contributed by atoms with Gasteiger partial charge in [0.25, 0.3) is 0 Å². The van der Waals surface area contributed by atoms with Crippen LogP contribution in [0.3, 0.4) is 0 Å². The van der Waals surface area contributed by atoms with Gasteiger partial charge in [-0.3, -0.25) is 28.8 Å². The highest BCUT2D eigenvalue weighted by atomic mass is 16.5. The molecule has 804 valence electrons. The summed E-state index contributed by atoms with van der Waals surface area (Å²) in [5.41, 5.74) is 1.59. The first kappa shape index (κ1) is 126. The van der Waals surface area contributed by atoms with Crippen LogP contribution in [0.4, 0.5) is 34.9 Å². The van der Waals surface area contributed by atoms with Gasteiger partial charge in [0, 0.05) is 95.2 Å². The lowest BCUT2D eigenvalue weighted by Crippen LogP contribution is -2.10. The average molecular weight is 1970 g/mol. The van der Waals surface area contributed by atoms with Gasteiger partial charge in [0.2, 0.25) is 17.8 Å². The summed E-state index contributed by atoms with van der Waals surface area (Å²) < 4.78 is 39.7. The van der Waals surface area contributed by atoms with Crippen LogP contribution in [-0.4, -0.2) is 89.3 Å². The molecule has 1 heterocycles. The van der Waals surface area contributed by atoms with Gasteiger partial charge in [-0.1, -0.05) is 388 Å². The maximum absolute atomic E-state index is 13.3. The fourth-order valence-electron chi connectivity index (χ4n) is 18.6. The summed E-state index contributed by atoms with van der Waals surface area (Å²) >= 11 is 0. The Kier molecular flexibility index (Phi) is 83.0. The first-order chi connectivity index (χ1) is 69.4. The zero-order valence-electron chi connectivity index (χ0n) is 91.6. The number of rotatable bonds is 108. The van der Waals surface area contributed by atoms with E-state index in [0.717, 1.165) is 96.3 Å². The molecule has 0 atom stereocenters. The summed E-state index contributed by atoms with van der Waals surface area (Å²) in [6.07, 6.45) is 89.1. The highest BCUT2D eigenvalue weighted by Gasteiger charge is 2.20. The van der Waals surface area contributed by atoms with Crippen LogP contribution in [0.1, 0.15) is 581 Å². The predicted octanol–water partition coefficient (Wildman–Crippen LogP) is 37.7. The van der Waals surface area contributed by atoms with Crippen molar-refractivity contribution in [1.29, 1.82) is 0 Å². The van der Waals surface area contributed by atoms with Crippen molar-refractivity contribution in [3.63, 3.8) is 0 Å². The number of Topliss-reactive ketones (excluding diaryl/α,β-unsaturated/α-hetero) is 6. The lowest BCUT2D eigenvalue weighted by Gasteiger charge is -2.18. The number of carbonyl (C=O) groups excluding carboxylic acids is 6. The minimum Gasteiger partial charge on any atom is -0.494 e. The predicted molar refractivity (Wildman–Crippen MR) is 594 cm³/mol. The molecule has 0 unspecified atom stereocenters. The molecule has 1 aromatic heterocycles. The summed E-state index contributed by atoms with van der Waals surface area (Å²) in [6.45, 7) is 15.8. The molecule has 0 fully saturated rings. The van der Waals surface area contributed by atoms with Crippen LogP contribution in [0.15, 0.2) is 54.6 Å². The van der Waals surface area contributed by atoms with Crippen LogP contribution in [-0.2, 0) is 28.8 Å². The smallest absolute Gasteiger partial charge is 0.233 e.